The number of aliphatic carboxylic acids is 1. The lowest BCUT2D eigenvalue weighted by Crippen LogP contribution is -2.63. The first kappa shape index (κ1) is 15.8. The predicted octanol–water partition coefficient (Wildman–Crippen LogP) is -0.794. The minimum atomic E-state index is -1.13. The monoisotopic (exact) mass is 328 g/mol. The van der Waals surface area contributed by atoms with Crippen LogP contribution in [0.2, 0.25) is 0 Å². The van der Waals surface area contributed by atoms with Crippen LogP contribution in [0.25, 0.3) is 0 Å². The van der Waals surface area contributed by atoms with E-state index in [0.717, 1.165) is 0 Å². The van der Waals surface area contributed by atoms with E-state index in [4.69, 9.17) is 0 Å². The van der Waals surface area contributed by atoms with E-state index in [1.807, 2.05) is 6.92 Å². The highest BCUT2D eigenvalue weighted by Crippen LogP contribution is 2.51. The first-order valence-corrected chi connectivity index (χ1v) is 8.26. The van der Waals surface area contributed by atoms with Gasteiger partial charge in [-0.1, -0.05) is 6.92 Å². The van der Waals surface area contributed by atoms with Crippen LogP contribution in [0, 0.1) is 11.8 Å². The van der Waals surface area contributed by atoms with Crippen LogP contribution in [-0.2, 0) is 9.59 Å². The molecule has 0 aromatic carbocycles. The van der Waals surface area contributed by atoms with Crippen LogP contribution in [0.5, 0.6) is 0 Å². The Hall–Kier alpha value is -1.09. The number of amides is 1. The first-order valence-electron chi connectivity index (χ1n) is 7.38. The van der Waals surface area contributed by atoms with Gasteiger partial charge in [-0.25, -0.2) is 4.79 Å². The number of carboxylic acids is 1. The lowest BCUT2D eigenvalue weighted by atomic mass is 9.79. The molecule has 8 heteroatoms. The molecule has 0 aromatic heterocycles. The first-order chi connectivity index (χ1) is 10.3. The number of aliphatic hydroxyl groups excluding tert-OH is 2. The molecule has 7 nitrogen and oxygen atoms in total. The van der Waals surface area contributed by atoms with Crippen molar-refractivity contribution in [1.82, 2.24) is 10.2 Å². The summed E-state index contributed by atoms with van der Waals surface area (Å²) in [4.78, 5) is 25.7. The second-order valence-corrected chi connectivity index (χ2v) is 7.43. The van der Waals surface area contributed by atoms with Gasteiger partial charge in [0.2, 0.25) is 5.91 Å². The summed E-state index contributed by atoms with van der Waals surface area (Å²) in [6.45, 7) is 4.53. The lowest BCUT2D eigenvalue weighted by Gasteiger charge is -2.46. The number of thioether (sulfide) groups is 1. The molecule has 0 spiro atoms. The van der Waals surface area contributed by atoms with Crippen molar-refractivity contribution in [1.29, 1.82) is 0 Å². The number of rotatable bonds is 4. The maximum atomic E-state index is 12.2. The zero-order valence-corrected chi connectivity index (χ0v) is 13.2. The zero-order valence-electron chi connectivity index (χ0n) is 12.4. The number of hydrogen-bond acceptors (Lipinski definition) is 6. The van der Waals surface area contributed by atoms with E-state index >= 15 is 0 Å². The van der Waals surface area contributed by atoms with Crippen LogP contribution in [0.15, 0.2) is 10.6 Å². The molecule has 0 radical (unpaired) electrons. The molecule has 0 aliphatic carbocycles. The van der Waals surface area contributed by atoms with Gasteiger partial charge in [-0.3, -0.25) is 4.79 Å². The van der Waals surface area contributed by atoms with Gasteiger partial charge < -0.3 is 25.5 Å². The van der Waals surface area contributed by atoms with Gasteiger partial charge in [-0.15, -0.1) is 11.8 Å². The number of β-amino-alcohol motifs (C(OH)–C–C–N with tert-alkyl or cyclic N) is 1. The summed E-state index contributed by atoms with van der Waals surface area (Å²) >= 11 is 1.34. The summed E-state index contributed by atoms with van der Waals surface area (Å²) in [5.41, 5.74) is 0.0171. The number of aliphatic hydroxyl groups is 2. The number of nitrogens with one attached hydrogen (secondary N) is 1. The Balaban J connectivity index is 1.90. The van der Waals surface area contributed by atoms with Gasteiger partial charge >= 0.3 is 5.97 Å². The molecule has 1 amide bonds. The van der Waals surface area contributed by atoms with Crippen LogP contribution < -0.4 is 5.32 Å². The quantitative estimate of drug-likeness (QED) is 0.500. The minimum Gasteiger partial charge on any atom is -0.477 e. The Kier molecular flexibility index (Phi) is 3.96. The highest BCUT2D eigenvalue weighted by atomic mass is 32.2. The van der Waals surface area contributed by atoms with E-state index in [-0.39, 0.29) is 28.8 Å². The molecule has 2 saturated heterocycles. The van der Waals surface area contributed by atoms with E-state index in [0.29, 0.717) is 18.0 Å². The number of fused-ring (bicyclic) bond motifs is 1. The smallest absolute Gasteiger partial charge is 0.353 e. The van der Waals surface area contributed by atoms with Crippen molar-refractivity contribution in [2.24, 2.45) is 11.8 Å². The van der Waals surface area contributed by atoms with Crippen molar-refractivity contribution < 1.29 is 24.9 Å². The molecule has 22 heavy (non-hydrogen) atoms. The van der Waals surface area contributed by atoms with Crippen LogP contribution in [0.3, 0.4) is 0 Å². The average molecular weight is 328 g/mol. The van der Waals surface area contributed by atoms with Gasteiger partial charge in [0.25, 0.3) is 0 Å². The van der Waals surface area contributed by atoms with E-state index in [9.17, 15) is 24.9 Å². The van der Waals surface area contributed by atoms with Crippen molar-refractivity contribution >= 4 is 23.6 Å². The Bertz CT molecular complexity index is 549. The highest BCUT2D eigenvalue weighted by Gasteiger charge is 2.60. The minimum absolute atomic E-state index is 0.0171. The van der Waals surface area contributed by atoms with Crippen LogP contribution in [-0.4, -0.2) is 68.7 Å². The molecule has 122 valence electrons. The molecule has 2 fully saturated rings. The Morgan fingerprint density at radius 2 is 2.14 bits per heavy atom. The summed E-state index contributed by atoms with van der Waals surface area (Å²) in [6.07, 6.45) is -1.33. The molecule has 5 unspecified atom stereocenters. The third-order valence-electron chi connectivity index (χ3n) is 4.72. The van der Waals surface area contributed by atoms with Crippen molar-refractivity contribution in [2.45, 2.75) is 37.3 Å². The molecule has 4 N–H and O–H groups in total. The fourth-order valence-electron chi connectivity index (χ4n) is 3.60. The van der Waals surface area contributed by atoms with Gasteiger partial charge in [0.05, 0.1) is 24.2 Å². The fraction of sp³-hybridized carbons (Fsp3) is 0.714. The van der Waals surface area contributed by atoms with E-state index in [1.165, 1.54) is 16.7 Å². The molecule has 3 rings (SSSR count). The van der Waals surface area contributed by atoms with E-state index in [2.05, 4.69) is 5.32 Å². The number of nitrogens with zero attached hydrogens (tertiary/aromatic N) is 1. The number of hydrogen-bond donors (Lipinski definition) is 4. The molecular weight excluding hydrogens is 308 g/mol. The Morgan fingerprint density at radius 1 is 1.45 bits per heavy atom. The maximum Gasteiger partial charge on any atom is 0.353 e. The number of β-lactam (4-membered cyclic amide) rings is 1. The maximum absolute atomic E-state index is 12.2. The SMILES string of the molecule is CC(O)C1C(=O)N2C(C(=O)O)=C(SC3CNCC3O)C(C)[C@H]12. The zero-order chi connectivity index (χ0) is 16.2. The average Bonchev–Trinajstić information content (AvgIpc) is 2.92. The summed E-state index contributed by atoms with van der Waals surface area (Å²) < 4.78 is 0. The normalized spacial score (nSPS) is 39.0. The molecule has 0 bridgehead atoms. The molecule has 0 saturated carbocycles. The summed E-state index contributed by atoms with van der Waals surface area (Å²) in [5, 5.41) is 32.1. The molecule has 0 aromatic rings. The summed E-state index contributed by atoms with van der Waals surface area (Å²) in [5.74, 6) is -2.16. The topological polar surface area (TPSA) is 110 Å². The number of carbonyl (C=O) groups excluding carboxylic acids is 1. The number of carboxylic acid groups (broad SMARTS) is 1. The standard InChI is InChI=1S/C14H20N2O5S/c1-5-10-9(6(2)17)13(19)16(10)11(14(20)21)12(5)22-8-4-15-3-7(8)18/h5-10,15,17-18H,3-4H2,1-2H3,(H,20,21)/t5?,6?,7?,8?,9?,10-/m1/s1. The molecule has 3 aliphatic rings. The van der Waals surface area contributed by atoms with Crippen LogP contribution in [0.1, 0.15) is 13.8 Å². The second kappa shape index (κ2) is 5.52. The van der Waals surface area contributed by atoms with Gasteiger partial charge in [0.15, 0.2) is 0 Å². The third kappa shape index (κ3) is 2.17. The third-order valence-corrected chi connectivity index (χ3v) is 6.32. The van der Waals surface area contributed by atoms with Gasteiger partial charge in [0, 0.05) is 29.2 Å². The second-order valence-electron chi connectivity index (χ2n) is 6.15. The van der Waals surface area contributed by atoms with Crippen molar-refractivity contribution in [2.75, 3.05) is 13.1 Å². The van der Waals surface area contributed by atoms with Gasteiger partial charge in [-0.05, 0) is 6.92 Å². The Morgan fingerprint density at radius 3 is 2.64 bits per heavy atom. The summed E-state index contributed by atoms with van der Waals surface area (Å²) in [7, 11) is 0. The lowest BCUT2D eigenvalue weighted by molar-refractivity contribution is -0.163. The number of carbonyl (C=O) groups is 2. The van der Waals surface area contributed by atoms with Gasteiger partial charge in [-0.2, -0.15) is 0 Å². The highest BCUT2D eigenvalue weighted by molar-refractivity contribution is 8.03. The van der Waals surface area contributed by atoms with Crippen LogP contribution in [0.4, 0.5) is 0 Å². The van der Waals surface area contributed by atoms with E-state index in [1.54, 1.807) is 6.92 Å². The summed E-state index contributed by atoms with van der Waals surface area (Å²) in [6, 6.07) is -0.299. The van der Waals surface area contributed by atoms with Gasteiger partial charge in [0.1, 0.15) is 5.70 Å². The molecule has 6 atom stereocenters. The van der Waals surface area contributed by atoms with Crippen LogP contribution >= 0.6 is 11.8 Å². The molecule has 3 aliphatic heterocycles. The Labute approximate surface area is 132 Å². The predicted molar refractivity (Wildman–Crippen MR) is 79.9 cm³/mol. The van der Waals surface area contributed by atoms with E-state index < -0.39 is 24.1 Å². The fourth-order valence-corrected chi connectivity index (χ4v) is 5.03. The van der Waals surface area contributed by atoms with Crippen molar-refractivity contribution in [3.63, 3.8) is 0 Å². The molecular formula is C14H20N2O5S. The van der Waals surface area contributed by atoms with Crippen molar-refractivity contribution in [3.05, 3.63) is 10.6 Å². The largest absolute Gasteiger partial charge is 0.477 e. The van der Waals surface area contributed by atoms with Crippen molar-refractivity contribution in [3.8, 4) is 0 Å². The molecule has 3 heterocycles.